The van der Waals surface area contributed by atoms with Crippen LogP contribution in [0.25, 0.3) is 11.4 Å². The molecule has 172 valence electrons. The highest BCUT2D eigenvalue weighted by atomic mass is 16.2. The number of carbonyl (C=O) groups excluding carboxylic acids is 1. The SMILES string of the molecule is CCn1nc(-c2ccc(C3CCNCC3)c(C)c2)nc1Nc1cc2c(cc1C)C(=O)NC2C. The highest BCUT2D eigenvalue weighted by molar-refractivity contribution is 6.00. The van der Waals surface area contributed by atoms with Crippen molar-refractivity contribution in [3.63, 3.8) is 0 Å². The Balaban J connectivity index is 1.44. The first kappa shape index (κ1) is 21.6. The minimum absolute atomic E-state index is 0.00512. The van der Waals surface area contributed by atoms with Crippen LogP contribution in [0.1, 0.15) is 71.3 Å². The van der Waals surface area contributed by atoms with E-state index >= 15 is 0 Å². The van der Waals surface area contributed by atoms with Gasteiger partial charge in [0.05, 0.1) is 6.04 Å². The van der Waals surface area contributed by atoms with E-state index in [1.807, 2.05) is 24.6 Å². The van der Waals surface area contributed by atoms with E-state index in [1.54, 1.807) is 0 Å². The van der Waals surface area contributed by atoms with Crippen molar-refractivity contribution in [3.8, 4) is 11.4 Å². The molecule has 0 radical (unpaired) electrons. The van der Waals surface area contributed by atoms with Gasteiger partial charge in [-0.3, -0.25) is 4.79 Å². The number of rotatable bonds is 5. The minimum atomic E-state index is -0.00512. The summed E-state index contributed by atoms with van der Waals surface area (Å²) in [6.07, 6.45) is 2.38. The van der Waals surface area contributed by atoms with Gasteiger partial charge < -0.3 is 16.0 Å². The fourth-order valence-corrected chi connectivity index (χ4v) is 5.07. The lowest BCUT2D eigenvalue weighted by atomic mass is 9.87. The maximum Gasteiger partial charge on any atom is 0.252 e. The van der Waals surface area contributed by atoms with Gasteiger partial charge in [-0.05, 0) is 100.0 Å². The number of piperidine rings is 1. The van der Waals surface area contributed by atoms with Crippen molar-refractivity contribution in [1.29, 1.82) is 0 Å². The first-order valence-corrected chi connectivity index (χ1v) is 11.9. The van der Waals surface area contributed by atoms with Gasteiger partial charge in [0.1, 0.15) is 0 Å². The van der Waals surface area contributed by atoms with Crippen LogP contribution in [0.2, 0.25) is 0 Å². The van der Waals surface area contributed by atoms with Crippen molar-refractivity contribution in [3.05, 3.63) is 58.1 Å². The molecule has 3 N–H and O–H groups in total. The van der Waals surface area contributed by atoms with Gasteiger partial charge in [0.2, 0.25) is 5.95 Å². The number of fused-ring (bicyclic) bond motifs is 1. The van der Waals surface area contributed by atoms with Crippen molar-refractivity contribution in [2.24, 2.45) is 0 Å². The van der Waals surface area contributed by atoms with Gasteiger partial charge in [-0.25, -0.2) is 4.68 Å². The highest BCUT2D eigenvalue weighted by Crippen LogP contribution is 2.33. The predicted molar refractivity (Wildman–Crippen MR) is 131 cm³/mol. The van der Waals surface area contributed by atoms with Gasteiger partial charge in [-0.1, -0.05) is 12.1 Å². The summed E-state index contributed by atoms with van der Waals surface area (Å²) in [5.41, 5.74) is 7.51. The predicted octanol–water partition coefficient (Wildman–Crippen LogP) is 4.60. The molecule has 1 unspecified atom stereocenters. The summed E-state index contributed by atoms with van der Waals surface area (Å²) in [6.45, 7) is 11.2. The third kappa shape index (κ3) is 4.02. The summed E-state index contributed by atoms with van der Waals surface area (Å²) in [4.78, 5) is 17.0. The molecule has 5 rings (SSSR count). The average Bonchev–Trinajstić information content (AvgIpc) is 3.34. The largest absolute Gasteiger partial charge is 0.345 e. The second-order valence-corrected chi connectivity index (χ2v) is 9.24. The molecule has 0 aliphatic carbocycles. The Morgan fingerprint density at radius 2 is 1.88 bits per heavy atom. The van der Waals surface area contributed by atoms with E-state index in [-0.39, 0.29) is 11.9 Å². The molecule has 1 amide bonds. The van der Waals surface area contributed by atoms with Crippen molar-refractivity contribution in [1.82, 2.24) is 25.4 Å². The van der Waals surface area contributed by atoms with Crippen LogP contribution in [0, 0.1) is 13.8 Å². The molecular weight excluding hydrogens is 412 g/mol. The fraction of sp³-hybridized carbons (Fsp3) is 0.423. The van der Waals surface area contributed by atoms with E-state index in [2.05, 4.69) is 54.1 Å². The van der Waals surface area contributed by atoms with E-state index in [0.29, 0.717) is 18.4 Å². The Labute approximate surface area is 195 Å². The third-order valence-corrected chi connectivity index (χ3v) is 6.98. The van der Waals surface area contributed by atoms with Crippen molar-refractivity contribution in [2.45, 2.75) is 59.0 Å². The first-order chi connectivity index (χ1) is 15.9. The number of nitrogens with zero attached hydrogens (tertiary/aromatic N) is 3. The number of benzene rings is 2. The van der Waals surface area contributed by atoms with E-state index in [4.69, 9.17) is 10.1 Å². The Hall–Kier alpha value is -3.19. The Morgan fingerprint density at radius 3 is 2.61 bits per heavy atom. The van der Waals surface area contributed by atoms with Gasteiger partial charge in [-0.2, -0.15) is 4.98 Å². The summed E-state index contributed by atoms with van der Waals surface area (Å²) in [5, 5.41) is 14.7. The van der Waals surface area contributed by atoms with E-state index in [9.17, 15) is 4.79 Å². The molecule has 33 heavy (non-hydrogen) atoms. The van der Waals surface area contributed by atoms with E-state index in [1.165, 1.54) is 24.0 Å². The summed E-state index contributed by atoms with van der Waals surface area (Å²) in [5.74, 6) is 2.06. The molecule has 3 heterocycles. The number of nitrogens with one attached hydrogen (secondary N) is 3. The van der Waals surface area contributed by atoms with Gasteiger partial charge in [0, 0.05) is 23.4 Å². The van der Waals surface area contributed by atoms with Crippen LogP contribution in [-0.4, -0.2) is 33.8 Å². The second kappa shape index (κ2) is 8.63. The molecule has 0 bridgehead atoms. The molecule has 0 spiro atoms. The van der Waals surface area contributed by atoms with Crippen molar-refractivity contribution < 1.29 is 4.79 Å². The molecule has 1 aromatic heterocycles. The summed E-state index contributed by atoms with van der Waals surface area (Å²) in [7, 11) is 0. The Bertz CT molecular complexity index is 1210. The lowest BCUT2D eigenvalue weighted by molar-refractivity contribution is 0.0958. The molecule has 2 aliphatic heterocycles. The number of hydrogen-bond donors (Lipinski definition) is 3. The van der Waals surface area contributed by atoms with Crippen molar-refractivity contribution >= 4 is 17.5 Å². The smallest absolute Gasteiger partial charge is 0.252 e. The summed E-state index contributed by atoms with van der Waals surface area (Å²) >= 11 is 0. The van der Waals surface area contributed by atoms with Gasteiger partial charge in [0.25, 0.3) is 5.91 Å². The number of aryl methyl sites for hydroxylation is 3. The van der Waals surface area contributed by atoms with Gasteiger partial charge >= 0.3 is 0 Å². The Morgan fingerprint density at radius 1 is 1.09 bits per heavy atom. The van der Waals surface area contributed by atoms with Crippen LogP contribution in [0.4, 0.5) is 11.6 Å². The zero-order chi connectivity index (χ0) is 23.1. The van der Waals surface area contributed by atoms with Crippen LogP contribution in [-0.2, 0) is 6.54 Å². The monoisotopic (exact) mass is 444 g/mol. The molecule has 2 aliphatic rings. The number of carbonyl (C=O) groups is 1. The van der Waals surface area contributed by atoms with Gasteiger partial charge in [0.15, 0.2) is 5.82 Å². The number of anilines is 2. The zero-order valence-electron chi connectivity index (χ0n) is 19.8. The minimum Gasteiger partial charge on any atom is -0.345 e. The number of amides is 1. The normalized spacial score (nSPS) is 18.3. The standard InChI is InChI=1S/C26H32N6O/c1-5-32-26(29-23-14-21-17(4)28-25(33)22(21)13-16(23)3)30-24(31-32)19-6-7-20(15(2)12-19)18-8-10-27-11-9-18/h6-7,12-14,17-18,27H,5,8-11H2,1-4H3,(H,28,33)(H,29,30,31). The van der Waals surface area contributed by atoms with E-state index in [0.717, 1.165) is 46.9 Å². The molecule has 1 atom stereocenters. The molecule has 0 saturated carbocycles. The first-order valence-electron chi connectivity index (χ1n) is 11.9. The topological polar surface area (TPSA) is 83.9 Å². The lowest BCUT2D eigenvalue weighted by Crippen LogP contribution is -2.26. The highest BCUT2D eigenvalue weighted by Gasteiger charge is 2.26. The molecule has 1 fully saturated rings. The van der Waals surface area contributed by atoms with Crippen LogP contribution in [0.5, 0.6) is 0 Å². The zero-order valence-corrected chi connectivity index (χ0v) is 19.8. The molecule has 3 aromatic rings. The van der Waals surface area contributed by atoms with Crippen LogP contribution in [0.15, 0.2) is 30.3 Å². The summed E-state index contributed by atoms with van der Waals surface area (Å²) < 4.78 is 1.89. The van der Waals surface area contributed by atoms with Crippen LogP contribution < -0.4 is 16.0 Å². The second-order valence-electron chi connectivity index (χ2n) is 9.24. The molecule has 7 heteroatoms. The molecule has 7 nitrogen and oxygen atoms in total. The maximum atomic E-state index is 12.1. The van der Waals surface area contributed by atoms with Crippen molar-refractivity contribution in [2.75, 3.05) is 18.4 Å². The molecule has 2 aromatic carbocycles. The number of aromatic nitrogens is 3. The summed E-state index contributed by atoms with van der Waals surface area (Å²) in [6, 6.07) is 10.6. The van der Waals surface area contributed by atoms with Gasteiger partial charge in [-0.15, -0.1) is 5.10 Å². The fourth-order valence-electron chi connectivity index (χ4n) is 5.07. The maximum absolute atomic E-state index is 12.1. The van der Waals surface area contributed by atoms with E-state index < -0.39 is 0 Å². The lowest BCUT2D eigenvalue weighted by Gasteiger charge is -2.24. The van der Waals surface area contributed by atoms with Crippen LogP contribution in [0.3, 0.4) is 0 Å². The van der Waals surface area contributed by atoms with Crippen LogP contribution >= 0.6 is 0 Å². The molecular formula is C26H32N6O. The average molecular weight is 445 g/mol. The molecule has 1 saturated heterocycles. The Kier molecular flexibility index (Phi) is 5.66. The number of hydrogen-bond acceptors (Lipinski definition) is 5. The third-order valence-electron chi connectivity index (χ3n) is 6.98. The quantitative estimate of drug-likeness (QED) is 0.536.